The van der Waals surface area contributed by atoms with Crippen LogP contribution in [0.2, 0.25) is 0 Å². The highest BCUT2D eigenvalue weighted by Crippen LogP contribution is 2.45. The van der Waals surface area contributed by atoms with Crippen LogP contribution in [0, 0.1) is 6.92 Å². The summed E-state index contributed by atoms with van der Waals surface area (Å²) in [6.45, 7) is 2.05. The molecule has 0 aliphatic carbocycles. The van der Waals surface area contributed by atoms with Gasteiger partial charge in [0, 0.05) is 29.0 Å². The van der Waals surface area contributed by atoms with Gasteiger partial charge in [0.25, 0.3) is 0 Å². The van der Waals surface area contributed by atoms with Gasteiger partial charge in [-0.05, 0) is 25.1 Å². The second kappa shape index (κ2) is 7.76. The molecule has 1 aliphatic rings. The van der Waals surface area contributed by atoms with Crippen LogP contribution in [0.5, 0.6) is 5.75 Å². The number of aryl methyl sites for hydroxylation is 1. The van der Waals surface area contributed by atoms with E-state index in [1.807, 2.05) is 71.4 Å². The Balaban J connectivity index is 1.78. The average Bonchev–Trinajstić information content (AvgIpc) is 3.19. The van der Waals surface area contributed by atoms with Crippen LogP contribution in [0.25, 0.3) is 16.9 Å². The van der Waals surface area contributed by atoms with Crippen molar-refractivity contribution in [1.82, 2.24) is 9.78 Å². The van der Waals surface area contributed by atoms with Crippen LogP contribution in [0.1, 0.15) is 29.0 Å². The van der Waals surface area contributed by atoms with E-state index >= 15 is 0 Å². The van der Waals surface area contributed by atoms with Gasteiger partial charge in [-0.3, -0.25) is 4.79 Å². The summed E-state index contributed by atoms with van der Waals surface area (Å²) in [6, 6.07) is 26.2. The van der Waals surface area contributed by atoms with Gasteiger partial charge in [0.15, 0.2) is 0 Å². The molecule has 4 aromatic rings. The molecule has 0 unspecified atom stereocenters. The van der Waals surface area contributed by atoms with Crippen molar-refractivity contribution in [3.63, 3.8) is 0 Å². The summed E-state index contributed by atoms with van der Waals surface area (Å²) in [7, 11) is 1.66. The first-order valence-corrected chi connectivity index (χ1v) is 10.3. The number of hydrogen-bond donors (Lipinski definition) is 1. The summed E-state index contributed by atoms with van der Waals surface area (Å²) < 4.78 is 7.48. The summed E-state index contributed by atoms with van der Waals surface area (Å²) in [5.74, 6) is 1.30. The van der Waals surface area contributed by atoms with Crippen molar-refractivity contribution in [3.8, 4) is 22.7 Å². The van der Waals surface area contributed by atoms with E-state index in [2.05, 4.69) is 24.4 Å². The number of aromatic nitrogens is 2. The molecule has 1 aromatic heterocycles. The third kappa shape index (κ3) is 3.38. The van der Waals surface area contributed by atoms with Crippen LogP contribution in [0.15, 0.2) is 78.9 Å². The van der Waals surface area contributed by atoms with Gasteiger partial charge in [-0.15, -0.1) is 0 Å². The molecule has 1 amide bonds. The maximum atomic E-state index is 12.8. The Labute approximate surface area is 181 Å². The molecule has 5 heteroatoms. The Bertz CT molecular complexity index is 1240. The minimum Gasteiger partial charge on any atom is -0.496 e. The number of fused-ring (bicyclic) bond motifs is 1. The molecular formula is C26H23N3O2. The Hall–Kier alpha value is -3.86. The van der Waals surface area contributed by atoms with Crippen LogP contribution in [-0.4, -0.2) is 22.8 Å². The first-order chi connectivity index (χ1) is 15.2. The van der Waals surface area contributed by atoms with Crippen molar-refractivity contribution >= 4 is 11.7 Å². The molecule has 154 valence electrons. The standard InChI is InChI=1S/C26H23N3O2/c1-17-12-14-19(15-13-17)29-26-24(25(28-29)18-8-4-3-5-9-18)21(16-23(30)27-26)20-10-6-7-11-22(20)31-2/h3-15,21H,16H2,1-2H3,(H,27,30)/t21-/m0/s1. The molecule has 0 bridgehead atoms. The smallest absolute Gasteiger partial charge is 0.226 e. The lowest BCUT2D eigenvalue weighted by atomic mass is 9.84. The van der Waals surface area contributed by atoms with Crippen LogP contribution in [0.3, 0.4) is 0 Å². The van der Waals surface area contributed by atoms with E-state index in [1.165, 1.54) is 5.56 Å². The number of para-hydroxylation sites is 1. The Morgan fingerprint density at radius 1 is 0.968 bits per heavy atom. The molecule has 5 nitrogen and oxygen atoms in total. The summed E-state index contributed by atoms with van der Waals surface area (Å²) in [5.41, 5.74) is 5.96. The highest BCUT2D eigenvalue weighted by atomic mass is 16.5. The first kappa shape index (κ1) is 19.1. The lowest BCUT2D eigenvalue weighted by Gasteiger charge is -2.26. The zero-order valence-electron chi connectivity index (χ0n) is 17.5. The van der Waals surface area contributed by atoms with Crippen molar-refractivity contribution < 1.29 is 9.53 Å². The van der Waals surface area contributed by atoms with Crippen LogP contribution in [0.4, 0.5) is 5.82 Å². The topological polar surface area (TPSA) is 56.1 Å². The second-order valence-corrected chi connectivity index (χ2v) is 7.77. The second-order valence-electron chi connectivity index (χ2n) is 7.77. The maximum Gasteiger partial charge on any atom is 0.226 e. The number of amides is 1. The summed E-state index contributed by atoms with van der Waals surface area (Å²) >= 11 is 0. The van der Waals surface area contributed by atoms with Gasteiger partial charge in [0.1, 0.15) is 11.6 Å². The molecule has 0 saturated heterocycles. The lowest BCUT2D eigenvalue weighted by Crippen LogP contribution is -2.25. The Kier molecular flexibility index (Phi) is 4.79. The van der Waals surface area contributed by atoms with E-state index in [0.717, 1.165) is 39.6 Å². The van der Waals surface area contributed by atoms with Crippen LogP contribution >= 0.6 is 0 Å². The van der Waals surface area contributed by atoms with Crippen molar-refractivity contribution in [3.05, 3.63) is 95.6 Å². The predicted octanol–water partition coefficient (Wildman–Crippen LogP) is 5.33. The SMILES string of the molecule is COc1ccccc1[C@@H]1CC(=O)Nc2c1c(-c1ccccc1)nn2-c1ccc(C)cc1. The molecule has 0 saturated carbocycles. The normalized spacial score (nSPS) is 15.3. The number of ether oxygens (including phenoxy) is 1. The van der Waals surface area contributed by atoms with Crippen molar-refractivity contribution in [1.29, 1.82) is 0 Å². The monoisotopic (exact) mass is 409 g/mol. The number of anilines is 1. The fraction of sp³-hybridized carbons (Fsp3) is 0.154. The van der Waals surface area contributed by atoms with Gasteiger partial charge in [0.2, 0.25) is 5.91 Å². The van der Waals surface area contributed by atoms with Gasteiger partial charge in [0.05, 0.1) is 18.5 Å². The van der Waals surface area contributed by atoms with Gasteiger partial charge in [-0.25, -0.2) is 4.68 Å². The van der Waals surface area contributed by atoms with Gasteiger partial charge in [-0.1, -0.05) is 66.2 Å². The van der Waals surface area contributed by atoms with E-state index in [0.29, 0.717) is 6.42 Å². The highest BCUT2D eigenvalue weighted by molar-refractivity contribution is 5.96. The Morgan fingerprint density at radius 2 is 1.68 bits per heavy atom. The predicted molar refractivity (Wildman–Crippen MR) is 122 cm³/mol. The molecule has 0 radical (unpaired) electrons. The summed E-state index contributed by atoms with van der Waals surface area (Å²) in [6.07, 6.45) is 0.340. The van der Waals surface area contributed by atoms with E-state index in [9.17, 15) is 4.79 Å². The molecule has 2 heterocycles. The lowest BCUT2D eigenvalue weighted by molar-refractivity contribution is -0.116. The molecule has 31 heavy (non-hydrogen) atoms. The molecule has 0 spiro atoms. The van der Waals surface area contributed by atoms with Crippen molar-refractivity contribution in [2.75, 3.05) is 12.4 Å². The molecule has 0 fully saturated rings. The van der Waals surface area contributed by atoms with Crippen LogP contribution < -0.4 is 10.1 Å². The van der Waals surface area contributed by atoms with Crippen molar-refractivity contribution in [2.24, 2.45) is 0 Å². The molecule has 3 aromatic carbocycles. The zero-order valence-corrected chi connectivity index (χ0v) is 17.5. The largest absolute Gasteiger partial charge is 0.496 e. The van der Waals surface area contributed by atoms with Gasteiger partial charge < -0.3 is 10.1 Å². The molecule has 1 atom stereocenters. The quantitative estimate of drug-likeness (QED) is 0.496. The fourth-order valence-corrected chi connectivity index (χ4v) is 4.25. The number of benzene rings is 3. The third-order valence-electron chi connectivity index (χ3n) is 5.76. The number of nitrogens with zero attached hydrogens (tertiary/aromatic N) is 2. The number of nitrogens with one attached hydrogen (secondary N) is 1. The number of rotatable bonds is 4. The highest BCUT2D eigenvalue weighted by Gasteiger charge is 2.35. The van der Waals surface area contributed by atoms with Crippen LogP contribution in [-0.2, 0) is 4.79 Å². The molecule has 1 aliphatic heterocycles. The average molecular weight is 409 g/mol. The van der Waals surface area contributed by atoms with E-state index in [-0.39, 0.29) is 11.8 Å². The maximum absolute atomic E-state index is 12.8. The first-order valence-electron chi connectivity index (χ1n) is 10.3. The van der Waals surface area contributed by atoms with Gasteiger partial charge in [-0.2, -0.15) is 5.10 Å². The number of carbonyl (C=O) groups excluding carboxylic acids is 1. The number of carbonyl (C=O) groups is 1. The molecular weight excluding hydrogens is 386 g/mol. The molecule has 5 rings (SSSR count). The Morgan fingerprint density at radius 3 is 2.42 bits per heavy atom. The van der Waals surface area contributed by atoms with E-state index in [4.69, 9.17) is 9.84 Å². The number of hydrogen-bond acceptors (Lipinski definition) is 3. The fourth-order valence-electron chi connectivity index (χ4n) is 4.25. The summed E-state index contributed by atoms with van der Waals surface area (Å²) in [5, 5.41) is 8.08. The van der Waals surface area contributed by atoms with Crippen molar-refractivity contribution in [2.45, 2.75) is 19.3 Å². The summed E-state index contributed by atoms with van der Waals surface area (Å²) in [4.78, 5) is 12.8. The minimum atomic E-state index is -0.158. The zero-order chi connectivity index (χ0) is 21.4. The number of methoxy groups -OCH3 is 1. The van der Waals surface area contributed by atoms with Gasteiger partial charge >= 0.3 is 0 Å². The molecule has 1 N–H and O–H groups in total. The minimum absolute atomic E-state index is 0.0312. The van der Waals surface area contributed by atoms with E-state index < -0.39 is 0 Å². The third-order valence-corrected chi connectivity index (χ3v) is 5.76. The van der Waals surface area contributed by atoms with E-state index in [1.54, 1.807) is 7.11 Å².